The second-order valence-corrected chi connectivity index (χ2v) is 5.48. The van der Waals surface area contributed by atoms with Crippen LogP contribution in [-0.4, -0.2) is 24.8 Å². The van der Waals surface area contributed by atoms with E-state index >= 15 is 0 Å². The van der Waals surface area contributed by atoms with E-state index in [2.05, 4.69) is 6.08 Å². The van der Waals surface area contributed by atoms with Crippen molar-refractivity contribution in [3.05, 3.63) is 41.5 Å². The molecule has 0 atom stereocenters. The number of benzene rings is 1. The van der Waals surface area contributed by atoms with Crippen LogP contribution in [0.15, 0.2) is 30.3 Å². The Bertz CT molecular complexity index is 366. The van der Waals surface area contributed by atoms with Gasteiger partial charge in [-0.15, -0.1) is 0 Å². The standard InChI is InChI=1S/C10H8OTe/c1-2-9-7-5-3-4-6-8(7)10(11)12-9/h2-6H,1H3/b9-2-. The number of hydrogen-bond donors (Lipinski definition) is 0. The van der Waals surface area contributed by atoms with E-state index in [0.717, 1.165) is 5.56 Å². The number of allylic oxidation sites excluding steroid dienone is 1. The molecule has 60 valence electrons. The van der Waals surface area contributed by atoms with Crippen molar-refractivity contribution < 1.29 is 4.79 Å². The van der Waals surface area contributed by atoms with Crippen LogP contribution in [0.25, 0.3) is 3.62 Å². The molecule has 1 nitrogen and oxygen atoms in total. The monoisotopic (exact) mass is 274 g/mol. The molecule has 0 fully saturated rings. The van der Waals surface area contributed by atoms with Crippen LogP contribution >= 0.6 is 0 Å². The van der Waals surface area contributed by atoms with Gasteiger partial charge in [0, 0.05) is 0 Å². The fraction of sp³-hybridized carbons (Fsp3) is 0.100. The van der Waals surface area contributed by atoms with Crippen molar-refractivity contribution in [1.82, 2.24) is 0 Å². The summed E-state index contributed by atoms with van der Waals surface area (Å²) in [6.07, 6.45) is 2.08. The minimum atomic E-state index is -0.571. The quantitative estimate of drug-likeness (QED) is 0.659. The van der Waals surface area contributed by atoms with Crippen LogP contribution in [0.2, 0.25) is 0 Å². The molecule has 1 aliphatic heterocycles. The molecule has 1 aromatic rings. The van der Waals surface area contributed by atoms with E-state index in [-0.39, 0.29) is 0 Å². The molecule has 1 heterocycles. The zero-order chi connectivity index (χ0) is 8.55. The zero-order valence-electron chi connectivity index (χ0n) is 6.70. The summed E-state index contributed by atoms with van der Waals surface area (Å²) >= 11 is -0.571. The summed E-state index contributed by atoms with van der Waals surface area (Å²) in [5, 5.41) is 0. The van der Waals surface area contributed by atoms with Crippen molar-refractivity contribution in [1.29, 1.82) is 0 Å². The van der Waals surface area contributed by atoms with Gasteiger partial charge in [0.1, 0.15) is 0 Å². The number of carbonyl (C=O) groups is 1. The minimum absolute atomic E-state index is 0.379. The van der Waals surface area contributed by atoms with Gasteiger partial charge in [0.05, 0.1) is 0 Å². The first-order valence-corrected chi connectivity index (χ1v) is 6.14. The van der Waals surface area contributed by atoms with Crippen LogP contribution in [0, 0.1) is 0 Å². The molecule has 0 amide bonds. The Morgan fingerprint density at radius 3 is 2.58 bits per heavy atom. The molecule has 0 spiro atoms. The molecular formula is C10H8OTe. The molecule has 1 aromatic carbocycles. The number of carbonyl (C=O) groups excluding carboxylic acids is 1. The molecule has 0 bridgehead atoms. The first-order chi connectivity index (χ1) is 5.83. The van der Waals surface area contributed by atoms with Crippen LogP contribution in [0.5, 0.6) is 0 Å². The van der Waals surface area contributed by atoms with E-state index in [0.29, 0.717) is 3.83 Å². The molecule has 0 aliphatic carbocycles. The summed E-state index contributed by atoms with van der Waals surface area (Å²) in [5.41, 5.74) is 2.11. The summed E-state index contributed by atoms with van der Waals surface area (Å²) in [5.74, 6) is 0. The topological polar surface area (TPSA) is 17.1 Å². The molecule has 0 unspecified atom stereocenters. The van der Waals surface area contributed by atoms with Crippen LogP contribution < -0.4 is 0 Å². The average Bonchev–Trinajstić information content (AvgIpc) is 2.44. The third-order valence-corrected chi connectivity index (χ3v) is 4.96. The first kappa shape index (κ1) is 8.04. The maximum atomic E-state index is 11.5. The second-order valence-electron chi connectivity index (χ2n) is 2.59. The molecule has 0 saturated heterocycles. The number of hydrogen-bond acceptors (Lipinski definition) is 1. The van der Waals surface area contributed by atoms with Crippen molar-refractivity contribution in [2.45, 2.75) is 6.92 Å². The van der Waals surface area contributed by atoms with Crippen molar-refractivity contribution >= 4 is 28.4 Å². The Morgan fingerprint density at radius 1 is 1.25 bits per heavy atom. The summed E-state index contributed by atoms with van der Waals surface area (Å²) in [4.78, 5) is 11.5. The number of fused-ring (bicyclic) bond motifs is 1. The number of rotatable bonds is 0. The van der Waals surface area contributed by atoms with Gasteiger partial charge in [-0.25, -0.2) is 0 Å². The summed E-state index contributed by atoms with van der Waals surface area (Å²) < 4.78 is 1.67. The molecule has 0 N–H and O–H groups in total. The van der Waals surface area contributed by atoms with Crippen molar-refractivity contribution in [2.24, 2.45) is 0 Å². The van der Waals surface area contributed by atoms with Crippen LogP contribution in [0.1, 0.15) is 22.8 Å². The zero-order valence-corrected chi connectivity index (χ0v) is 9.03. The van der Waals surface area contributed by atoms with Gasteiger partial charge < -0.3 is 0 Å². The van der Waals surface area contributed by atoms with E-state index in [9.17, 15) is 4.79 Å². The predicted octanol–water partition coefficient (Wildman–Crippen LogP) is 1.91. The Balaban J connectivity index is 2.65. The Kier molecular flexibility index (Phi) is 2.04. The molecule has 0 radical (unpaired) electrons. The van der Waals surface area contributed by atoms with Gasteiger partial charge in [-0.1, -0.05) is 0 Å². The van der Waals surface area contributed by atoms with E-state index in [1.165, 1.54) is 9.18 Å². The molecule has 2 rings (SSSR count). The Hall–Kier alpha value is -0.580. The van der Waals surface area contributed by atoms with Crippen LogP contribution in [0.3, 0.4) is 0 Å². The van der Waals surface area contributed by atoms with Gasteiger partial charge in [0.15, 0.2) is 0 Å². The molecule has 12 heavy (non-hydrogen) atoms. The molecule has 2 heteroatoms. The Labute approximate surface area is 81.6 Å². The second kappa shape index (κ2) is 3.05. The van der Waals surface area contributed by atoms with Gasteiger partial charge in [0.2, 0.25) is 0 Å². The van der Waals surface area contributed by atoms with Crippen LogP contribution in [-0.2, 0) is 0 Å². The first-order valence-electron chi connectivity index (χ1n) is 3.81. The van der Waals surface area contributed by atoms with E-state index in [1.54, 1.807) is 0 Å². The third kappa shape index (κ3) is 1.12. The van der Waals surface area contributed by atoms with Gasteiger partial charge in [-0.05, 0) is 0 Å². The maximum absolute atomic E-state index is 11.5. The molecular weight excluding hydrogens is 264 g/mol. The van der Waals surface area contributed by atoms with Crippen molar-refractivity contribution in [3.63, 3.8) is 0 Å². The molecule has 0 saturated carbocycles. The van der Waals surface area contributed by atoms with Crippen molar-refractivity contribution in [2.75, 3.05) is 0 Å². The Morgan fingerprint density at radius 2 is 1.92 bits per heavy atom. The van der Waals surface area contributed by atoms with Gasteiger partial charge in [-0.2, -0.15) is 0 Å². The van der Waals surface area contributed by atoms with Gasteiger partial charge in [0.25, 0.3) is 0 Å². The predicted molar refractivity (Wildman–Crippen MR) is 50.2 cm³/mol. The van der Waals surface area contributed by atoms with Gasteiger partial charge in [-0.3, -0.25) is 0 Å². The fourth-order valence-corrected chi connectivity index (χ4v) is 3.85. The van der Waals surface area contributed by atoms with E-state index < -0.39 is 20.9 Å². The van der Waals surface area contributed by atoms with Crippen molar-refractivity contribution in [3.8, 4) is 0 Å². The van der Waals surface area contributed by atoms with E-state index in [1.807, 2.05) is 31.2 Å². The SMILES string of the molecule is C/C=C1\[Te]C(=O)c2ccccc21. The molecule has 0 aromatic heterocycles. The average molecular weight is 272 g/mol. The fourth-order valence-electron chi connectivity index (χ4n) is 1.30. The van der Waals surface area contributed by atoms with Gasteiger partial charge >= 0.3 is 81.6 Å². The van der Waals surface area contributed by atoms with E-state index in [4.69, 9.17) is 0 Å². The third-order valence-electron chi connectivity index (χ3n) is 1.88. The molecule has 1 aliphatic rings. The summed E-state index contributed by atoms with van der Waals surface area (Å²) in [6, 6.07) is 7.90. The summed E-state index contributed by atoms with van der Waals surface area (Å²) in [6.45, 7) is 2.01. The van der Waals surface area contributed by atoms with Crippen LogP contribution in [0.4, 0.5) is 0 Å². The normalized spacial score (nSPS) is 18.4. The summed E-state index contributed by atoms with van der Waals surface area (Å²) in [7, 11) is 0.